The van der Waals surface area contributed by atoms with E-state index in [4.69, 9.17) is 0 Å². The largest absolute Gasteiger partial charge is 0.355 e. The second kappa shape index (κ2) is 9.11. The summed E-state index contributed by atoms with van der Waals surface area (Å²) in [5, 5.41) is 7.03. The van der Waals surface area contributed by atoms with E-state index < -0.39 is 0 Å². The summed E-state index contributed by atoms with van der Waals surface area (Å²) in [6.45, 7) is 10.4. The summed E-state index contributed by atoms with van der Waals surface area (Å²) in [4.78, 5) is 6.99. The molecular weight excluding hydrogens is 387 g/mol. The van der Waals surface area contributed by atoms with Crippen molar-refractivity contribution >= 4 is 29.9 Å². The molecular formula is C17H33IN4. The molecule has 1 fully saturated rings. The fourth-order valence-electron chi connectivity index (χ4n) is 3.27. The Balaban J connectivity index is 0.00000242. The Morgan fingerprint density at radius 2 is 2.00 bits per heavy atom. The Bertz CT molecular complexity index is 384. The van der Waals surface area contributed by atoms with Gasteiger partial charge in [0.25, 0.3) is 0 Å². The Hall–Kier alpha value is -0.300. The molecule has 2 aliphatic rings. The van der Waals surface area contributed by atoms with E-state index >= 15 is 0 Å². The van der Waals surface area contributed by atoms with Crippen LogP contribution in [0.4, 0.5) is 0 Å². The summed E-state index contributed by atoms with van der Waals surface area (Å²) in [5.41, 5.74) is 0.167. The minimum Gasteiger partial charge on any atom is -0.355 e. The van der Waals surface area contributed by atoms with Gasteiger partial charge in [-0.15, -0.1) is 24.0 Å². The highest BCUT2D eigenvalue weighted by Gasteiger charge is 2.30. The second-order valence-electron chi connectivity index (χ2n) is 7.22. The third-order valence-electron chi connectivity index (χ3n) is 4.77. The molecule has 1 aliphatic heterocycles. The molecule has 0 saturated carbocycles. The molecule has 5 heteroatoms. The van der Waals surface area contributed by atoms with Crippen LogP contribution in [0.1, 0.15) is 46.5 Å². The van der Waals surface area contributed by atoms with Crippen molar-refractivity contribution < 1.29 is 0 Å². The van der Waals surface area contributed by atoms with Crippen LogP contribution in [0.2, 0.25) is 0 Å². The monoisotopic (exact) mass is 420 g/mol. The number of hydrogen-bond donors (Lipinski definition) is 2. The minimum absolute atomic E-state index is 0. The maximum atomic E-state index is 4.36. The van der Waals surface area contributed by atoms with Crippen LogP contribution in [0, 0.1) is 5.92 Å². The summed E-state index contributed by atoms with van der Waals surface area (Å²) >= 11 is 0. The van der Waals surface area contributed by atoms with Crippen molar-refractivity contribution in [3.05, 3.63) is 12.2 Å². The molecule has 1 atom stereocenters. The molecule has 22 heavy (non-hydrogen) atoms. The molecule has 1 aliphatic carbocycles. The van der Waals surface area contributed by atoms with Crippen molar-refractivity contribution in [1.82, 2.24) is 15.5 Å². The number of piperidine rings is 1. The van der Waals surface area contributed by atoms with E-state index in [0.717, 1.165) is 31.3 Å². The molecule has 0 spiro atoms. The molecule has 2 N–H and O–H groups in total. The van der Waals surface area contributed by atoms with E-state index in [9.17, 15) is 0 Å². The van der Waals surface area contributed by atoms with E-state index in [1.807, 2.05) is 7.05 Å². The van der Waals surface area contributed by atoms with Crippen LogP contribution in [0.25, 0.3) is 0 Å². The standard InChI is InChI=1S/C17H32N4.HI/c1-14-8-7-11-21(12-14)17(2,3)13-19-16(18-4)20-15-9-5-6-10-15;/h5-6,14-15H,7-13H2,1-4H3,(H2,18,19,20);1H. The molecule has 0 aromatic carbocycles. The quantitative estimate of drug-likeness (QED) is 0.318. The lowest BCUT2D eigenvalue weighted by Gasteiger charge is -2.43. The third kappa shape index (κ3) is 5.72. The summed E-state index contributed by atoms with van der Waals surface area (Å²) in [6, 6.07) is 0.509. The van der Waals surface area contributed by atoms with Crippen LogP contribution in [-0.4, -0.2) is 49.1 Å². The summed E-state index contributed by atoms with van der Waals surface area (Å²) in [7, 11) is 1.85. The van der Waals surface area contributed by atoms with Gasteiger partial charge < -0.3 is 10.6 Å². The lowest BCUT2D eigenvalue weighted by atomic mass is 9.93. The molecule has 1 heterocycles. The molecule has 0 radical (unpaired) electrons. The van der Waals surface area contributed by atoms with Crippen LogP contribution >= 0.6 is 24.0 Å². The molecule has 4 nitrogen and oxygen atoms in total. The first kappa shape index (κ1) is 19.7. The smallest absolute Gasteiger partial charge is 0.191 e. The van der Waals surface area contributed by atoms with Crippen molar-refractivity contribution in [2.45, 2.75) is 58.0 Å². The first-order chi connectivity index (χ1) is 10.0. The highest BCUT2D eigenvalue weighted by Crippen LogP contribution is 2.23. The van der Waals surface area contributed by atoms with E-state index in [1.54, 1.807) is 0 Å². The highest BCUT2D eigenvalue weighted by atomic mass is 127. The van der Waals surface area contributed by atoms with Crippen LogP contribution in [0.5, 0.6) is 0 Å². The number of nitrogens with one attached hydrogen (secondary N) is 2. The number of rotatable bonds is 4. The van der Waals surface area contributed by atoms with Crippen molar-refractivity contribution in [1.29, 1.82) is 0 Å². The maximum Gasteiger partial charge on any atom is 0.191 e. The third-order valence-corrected chi connectivity index (χ3v) is 4.77. The number of guanidine groups is 1. The van der Waals surface area contributed by atoms with Crippen molar-refractivity contribution in [2.24, 2.45) is 10.9 Å². The highest BCUT2D eigenvalue weighted by molar-refractivity contribution is 14.0. The van der Waals surface area contributed by atoms with Gasteiger partial charge in [-0.2, -0.15) is 0 Å². The van der Waals surface area contributed by atoms with Crippen LogP contribution in [0.3, 0.4) is 0 Å². The first-order valence-electron chi connectivity index (χ1n) is 8.38. The van der Waals surface area contributed by atoms with Gasteiger partial charge in [0.1, 0.15) is 0 Å². The number of nitrogens with zero attached hydrogens (tertiary/aromatic N) is 2. The van der Waals surface area contributed by atoms with Gasteiger partial charge in [0, 0.05) is 31.7 Å². The zero-order valence-corrected chi connectivity index (χ0v) is 16.9. The fraction of sp³-hybridized carbons (Fsp3) is 0.824. The average molecular weight is 420 g/mol. The Kier molecular flexibility index (Phi) is 8.17. The molecule has 128 valence electrons. The molecule has 2 rings (SSSR count). The zero-order valence-electron chi connectivity index (χ0n) is 14.6. The predicted molar refractivity (Wildman–Crippen MR) is 106 cm³/mol. The van der Waals surface area contributed by atoms with Gasteiger partial charge in [0.15, 0.2) is 5.96 Å². The van der Waals surface area contributed by atoms with Gasteiger partial charge in [-0.25, -0.2) is 0 Å². The summed E-state index contributed by atoms with van der Waals surface area (Å²) in [5.74, 6) is 1.75. The van der Waals surface area contributed by atoms with Crippen molar-refractivity contribution in [3.63, 3.8) is 0 Å². The molecule has 1 saturated heterocycles. The van der Waals surface area contributed by atoms with Gasteiger partial charge in [-0.1, -0.05) is 19.1 Å². The summed E-state index contributed by atoms with van der Waals surface area (Å²) in [6.07, 6.45) is 9.39. The van der Waals surface area contributed by atoms with Gasteiger partial charge in [-0.05, 0) is 52.0 Å². The number of aliphatic imine (C=N–C) groups is 1. The van der Waals surface area contributed by atoms with Gasteiger partial charge in [0.05, 0.1) is 0 Å². The second-order valence-corrected chi connectivity index (χ2v) is 7.22. The number of likely N-dealkylation sites (tertiary alicyclic amines) is 1. The van der Waals surface area contributed by atoms with Crippen LogP contribution in [0.15, 0.2) is 17.1 Å². The van der Waals surface area contributed by atoms with Crippen LogP contribution < -0.4 is 10.6 Å². The Morgan fingerprint density at radius 3 is 2.59 bits per heavy atom. The van der Waals surface area contributed by atoms with Crippen molar-refractivity contribution in [2.75, 3.05) is 26.7 Å². The Morgan fingerprint density at radius 1 is 1.32 bits per heavy atom. The molecule has 0 amide bonds. The molecule has 1 unspecified atom stereocenters. The normalized spacial score (nSPS) is 24.2. The number of halogens is 1. The topological polar surface area (TPSA) is 39.7 Å². The van der Waals surface area contributed by atoms with Crippen molar-refractivity contribution in [3.8, 4) is 0 Å². The average Bonchev–Trinajstić information content (AvgIpc) is 2.96. The minimum atomic E-state index is 0. The number of hydrogen-bond acceptors (Lipinski definition) is 2. The lowest BCUT2D eigenvalue weighted by molar-refractivity contribution is 0.0739. The van der Waals surface area contributed by atoms with E-state index in [1.165, 1.54) is 25.9 Å². The molecule has 0 bridgehead atoms. The summed E-state index contributed by atoms with van der Waals surface area (Å²) < 4.78 is 0. The molecule has 0 aromatic heterocycles. The maximum absolute atomic E-state index is 4.36. The Labute approximate surface area is 153 Å². The van der Waals surface area contributed by atoms with Gasteiger partial charge in [0.2, 0.25) is 0 Å². The lowest BCUT2D eigenvalue weighted by Crippen LogP contribution is -2.56. The van der Waals surface area contributed by atoms with Crippen LogP contribution in [-0.2, 0) is 0 Å². The van der Waals surface area contributed by atoms with E-state index in [-0.39, 0.29) is 29.5 Å². The fourth-order valence-corrected chi connectivity index (χ4v) is 3.27. The SMILES string of the molecule is CN=C(NCC(C)(C)N1CCCC(C)C1)NC1CC=CC1.I. The zero-order chi connectivity index (χ0) is 15.3. The van der Waals surface area contributed by atoms with E-state index in [0.29, 0.717) is 6.04 Å². The predicted octanol–water partition coefficient (Wildman–Crippen LogP) is 3.00. The first-order valence-corrected chi connectivity index (χ1v) is 8.38. The van der Waals surface area contributed by atoms with Gasteiger partial charge >= 0.3 is 0 Å². The van der Waals surface area contributed by atoms with E-state index in [2.05, 4.69) is 53.4 Å². The molecule has 0 aromatic rings. The van der Waals surface area contributed by atoms with Gasteiger partial charge in [-0.3, -0.25) is 9.89 Å².